The van der Waals surface area contributed by atoms with Gasteiger partial charge in [0.05, 0.1) is 12.1 Å². The average Bonchev–Trinajstić information content (AvgIpc) is 2.78. The standard InChI is InChI=1S/C18H17BrN2O2/c1-11-7-8-12(2)14(9-11)20-15-10-17(22)21(18(15)23)16-6-4-3-5-13(16)19/h3-9,15,20H,10H2,1-2H3. The van der Waals surface area contributed by atoms with Crippen LogP contribution in [0.5, 0.6) is 0 Å². The van der Waals surface area contributed by atoms with Crippen LogP contribution in [0.15, 0.2) is 46.9 Å². The number of aryl methyl sites for hydroxylation is 2. The first-order valence-electron chi connectivity index (χ1n) is 7.42. The van der Waals surface area contributed by atoms with E-state index in [1.54, 1.807) is 6.07 Å². The van der Waals surface area contributed by atoms with Crippen LogP contribution in [-0.2, 0) is 9.59 Å². The quantitative estimate of drug-likeness (QED) is 0.833. The van der Waals surface area contributed by atoms with E-state index in [1.807, 2.05) is 50.2 Å². The molecule has 2 aromatic carbocycles. The number of para-hydroxylation sites is 1. The van der Waals surface area contributed by atoms with Crippen molar-refractivity contribution in [2.75, 3.05) is 10.2 Å². The second-order valence-electron chi connectivity index (χ2n) is 5.74. The summed E-state index contributed by atoms with van der Waals surface area (Å²) in [6.45, 7) is 3.98. The zero-order valence-electron chi connectivity index (χ0n) is 13.0. The fourth-order valence-corrected chi connectivity index (χ4v) is 3.17. The predicted molar refractivity (Wildman–Crippen MR) is 94.6 cm³/mol. The second kappa shape index (κ2) is 6.16. The maximum Gasteiger partial charge on any atom is 0.256 e. The number of anilines is 2. The Labute approximate surface area is 143 Å². The minimum Gasteiger partial charge on any atom is -0.373 e. The summed E-state index contributed by atoms with van der Waals surface area (Å²) in [5.41, 5.74) is 3.64. The van der Waals surface area contributed by atoms with Crippen LogP contribution in [0.1, 0.15) is 17.5 Å². The Balaban J connectivity index is 1.87. The van der Waals surface area contributed by atoms with E-state index in [0.29, 0.717) is 5.69 Å². The highest BCUT2D eigenvalue weighted by Crippen LogP contribution is 2.31. The van der Waals surface area contributed by atoms with E-state index in [2.05, 4.69) is 21.2 Å². The van der Waals surface area contributed by atoms with Gasteiger partial charge in [0.1, 0.15) is 6.04 Å². The number of nitrogens with zero attached hydrogens (tertiary/aromatic N) is 1. The van der Waals surface area contributed by atoms with Gasteiger partial charge in [-0.3, -0.25) is 9.59 Å². The molecule has 1 atom stereocenters. The van der Waals surface area contributed by atoms with Gasteiger partial charge in [0, 0.05) is 10.2 Å². The lowest BCUT2D eigenvalue weighted by molar-refractivity contribution is -0.121. The predicted octanol–water partition coefficient (Wildman–Crippen LogP) is 3.81. The molecule has 2 aromatic rings. The molecule has 1 saturated heterocycles. The number of amides is 2. The molecule has 0 aromatic heterocycles. The Morgan fingerprint density at radius 3 is 2.61 bits per heavy atom. The minimum absolute atomic E-state index is 0.160. The summed E-state index contributed by atoms with van der Waals surface area (Å²) in [6, 6.07) is 12.7. The van der Waals surface area contributed by atoms with Crippen LogP contribution >= 0.6 is 15.9 Å². The normalized spacial score (nSPS) is 17.7. The molecule has 4 nitrogen and oxygen atoms in total. The molecule has 0 saturated carbocycles. The molecule has 0 bridgehead atoms. The summed E-state index contributed by atoms with van der Waals surface area (Å²) in [4.78, 5) is 26.3. The van der Waals surface area contributed by atoms with Crippen LogP contribution in [0.4, 0.5) is 11.4 Å². The molecule has 0 radical (unpaired) electrons. The largest absolute Gasteiger partial charge is 0.373 e. The molecule has 0 spiro atoms. The van der Waals surface area contributed by atoms with Gasteiger partial charge in [0.25, 0.3) is 5.91 Å². The SMILES string of the molecule is Cc1ccc(C)c(NC2CC(=O)N(c3ccccc3Br)C2=O)c1. The summed E-state index contributed by atoms with van der Waals surface area (Å²) in [5, 5.41) is 3.22. The Bertz CT molecular complexity index is 788. The van der Waals surface area contributed by atoms with Crippen LogP contribution in [0.2, 0.25) is 0 Å². The molecule has 1 aliphatic heterocycles. The molecular weight excluding hydrogens is 356 g/mol. The van der Waals surface area contributed by atoms with Gasteiger partial charge >= 0.3 is 0 Å². The van der Waals surface area contributed by atoms with Gasteiger partial charge in [-0.25, -0.2) is 4.90 Å². The van der Waals surface area contributed by atoms with Crippen molar-refractivity contribution in [2.45, 2.75) is 26.3 Å². The highest BCUT2D eigenvalue weighted by Gasteiger charge is 2.40. The molecule has 2 amide bonds. The van der Waals surface area contributed by atoms with Crippen molar-refractivity contribution in [1.29, 1.82) is 0 Å². The molecule has 5 heteroatoms. The van der Waals surface area contributed by atoms with Crippen molar-refractivity contribution in [3.63, 3.8) is 0 Å². The fraction of sp³-hybridized carbons (Fsp3) is 0.222. The van der Waals surface area contributed by atoms with E-state index in [4.69, 9.17) is 0 Å². The first kappa shape index (κ1) is 15.7. The minimum atomic E-state index is -0.532. The van der Waals surface area contributed by atoms with Gasteiger partial charge in [0.15, 0.2) is 0 Å². The Morgan fingerprint density at radius 2 is 1.87 bits per heavy atom. The Kier molecular flexibility index (Phi) is 4.22. The lowest BCUT2D eigenvalue weighted by atomic mass is 10.1. The van der Waals surface area contributed by atoms with Crippen LogP contribution in [0, 0.1) is 13.8 Å². The zero-order chi connectivity index (χ0) is 16.6. The van der Waals surface area contributed by atoms with E-state index in [0.717, 1.165) is 21.3 Å². The molecular formula is C18H17BrN2O2. The number of halogens is 1. The van der Waals surface area contributed by atoms with Gasteiger partial charge in [-0.2, -0.15) is 0 Å². The number of rotatable bonds is 3. The van der Waals surface area contributed by atoms with Crippen molar-refractivity contribution < 1.29 is 9.59 Å². The number of nitrogens with one attached hydrogen (secondary N) is 1. The van der Waals surface area contributed by atoms with E-state index in [1.165, 1.54) is 4.90 Å². The van der Waals surface area contributed by atoms with E-state index in [-0.39, 0.29) is 18.2 Å². The lowest BCUT2D eigenvalue weighted by Gasteiger charge is -2.18. The second-order valence-corrected chi connectivity index (χ2v) is 6.59. The Morgan fingerprint density at radius 1 is 1.13 bits per heavy atom. The number of hydrogen-bond donors (Lipinski definition) is 1. The summed E-state index contributed by atoms with van der Waals surface area (Å²) in [7, 11) is 0. The van der Waals surface area contributed by atoms with Gasteiger partial charge < -0.3 is 5.32 Å². The highest BCUT2D eigenvalue weighted by molar-refractivity contribution is 9.10. The van der Waals surface area contributed by atoms with E-state index in [9.17, 15) is 9.59 Å². The van der Waals surface area contributed by atoms with Crippen molar-refractivity contribution >= 4 is 39.1 Å². The topological polar surface area (TPSA) is 49.4 Å². The summed E-state index contributed by atoms with van der Waals surface area (Å²) >= 11 is 3.40. The lowest BCUT2D eigenvalue weighted by Crippen LogP contribution is -2.35. The van der Waals surface area contributed by atoms with Crippen molar-refractivity contribution in [1.82, 2.24) is 0 Å². The van der Waals surface area contributed by atoms with Gasteiger partial charge in [-0.05, 0) is 59.1 Å². The maximum atomic E-state index is 12.7. The van der Waals surface area contributed by atoms with E-state index >= 15 is 0 Å². The van der Waals surface area contributed by atoms with Crippen molar-refractivity contribution in [2.24, 2.45) is 0 Å². The fourth-order valence-electron chi connectivity index (χ4n) is 2.71. The van der Waals surface area contributed by atoms with Crippen molar-refractivity contribution in [3.05, 3.63) is 58.1 Å². The number of carbonyl (C=O) groups is 2. The number of imide groups is 1. The Hall–Kier alpha value is -2.14. The molecule has 118 valence electrons. The summed E-state index contributed by atoms with van der Waals surface area (Å²) in [5.74, 6) is -0.410. The first-order chi connectivity index (χ1) is 11.0. The summed E-state index contributed by atoms with van der Waals surface area (Å²) in [6.07, 6.45) is 0.160. The first-order valence-corrected chi connectivity index (χ1v) is 8.22. The molecule has 1 heterocycles. The van der Waals surface area contributed by atoms with Crippen molar-refractivity contribution in [3.8, 4) is 0 Å². The highest BCUT2D eigenvalue weighted by atomic mass is 79.9. The van der Waals surface area contributed by atoms with Gasteiger partial charge in [-0.1, -0.05) is 24.3 Å². The molecule has 1 fully saturated rings. The molecule has 3 rings (SSSR count). The van der Waals surface area contributed by atoms with Crippen LogP contribution < -0.4 is 10.2 Å². The monoisotopic (exact) mass is 372 g/mol. The number of benzene rings is 2. The van der Waals surface area contributed by atoms with E-state index < -0.39 is 6.04 Å². The molecule has 1 unspecified atom stereocenters. The molecule has 23 heavy (non-hydrogen) atoms. The third-order valence-corrected chi connectivity index (χ3v) is 4.63. The third kappa shape index (κ3) is 3.01. The van der Waals surface area contributed by atoms with Crippen LogP contribution in [-0.4, -0.2) is 17.9 Å². The van der Waals surface area contributed by atoms with Gasteiger partial charge in [0.2, 0.25) is 5.91 Å². The number of carbonyl (C=O) groups excluding carboxylic acids is 2. The number of hydrogen-bond acceptors (Lipinski definition) is 3. The zero-order valence-corrected chi connectivity index (χ0v) is 14.6. The third-order valence-electron chi connectivity index (χ3n) is 3.96. The average molecular weight is 373 g/mol. The summed E-state index contributed by atoms with van der Waals surface area (Å²) < 4.78 is 0.731. The van der Waals surface area contributed by atoms with Crippen LogP contribution in [0.25, 0.3) is 0 Å². The molecule has 1 aliphatic rings. The molecule has 0 aliphatic carbocycles. The van der Waals surface area contributed by atoms with Gasteiger partial charge in [-0.15, -0.1) is 0 Å². The molecule has 1 N–H and O–H groups in total. The smallest absolute Gasteiger partial charge is 0.256 e. The van der Waals surface area contributed by atoms with Crippen LogP contribution in [0.3, 0.4) is 0 Å². The maximum absolute atomic E-state index is 12.7.